The van der Waals surface area contributed by atoms with Crippen molar-refractivity contribution >= 4 is 11.3 Å². The molecule has 1 saturated heterocycles. The number of aliphatic hydroxyl groups excluding tert-OH is 1. The van der Waals surface area contributed by atoms with E-state index in [9.17, 15) is 0 Å². The Morgan fingerprint density at radius 3 is 3.06 bits per heavy atom. The van der Waals surface area contributed by atoms with Crippen LogP contribution in [0.4, 0.5) is 0 Å². The van der Waals surface area contributed by atoms with E-state index in [0.717, 1.165) is 19.5 Å². The average molecular weight is 268 g/mol. The fraction of sp³-hybridized carbons (Fsp3) is 0.786. The van der Waals surface area contributed by atoms with Gasteiger partial charge in [0, 0.05) is 31.0 Å². The van der Waals surface area contributed by atoms with Gasteiger partial charge in [0.15, 0.2) is 0 Å². The molecule has 1 unspecified atom stereocenters. The lowest BCUT2D eigenvalue weighted by atomic mass is 9.95. The number of likely N-dealkylation sites (tertiary alicyclic amines) is 1. The van der Waals surface area contributed by atoms with E-state index >= 15 is 0 Å². The van der Waals surface area contributed by atoms with Crippen LogP contribution in [0.5, 0.6) is 0 Å². The Hall–Kier alpha value is -0.450. The summed E-state index contributed by atoms with van der Waals surface area (Å²) in [6.45, 7) is 7.99. The van der Waals surface area contributed by atoms with Gasteiger partial charge in [-0.05, 0) is 31.7 Å². The maximum Gasteiger partial charge on any atom is 0.0954 e. The Morgan fingerprint density at radius 1 is 1.56 bits per heavy atom. The summed E-state index contributed by atoms with van der Waals surface area (Å²) in [5.74, 6) is 1.21. The monoisotopic (exact) mass is 268 g/mol. The highest BCUT2D eigenvalue weighted by Crippen LogP contribution is 2.23. The van der Waals surface area contributed by atoms with E-state index in [1.807, 2.05) is 0 Å². The van der Waals surface area contributed by atoms with Crippen molar-refractivity contribution < 1.29 is 5.11 Å². The first-order valence-electron chi connectivity index (χ1n) is 6.96. The highest BCUT2D eigenvalue weighted by atomic mass is 32.1. The van der Waals surface area contributed by atoms with Gasteiger partial charge in [-0.15, -0.1) is 11.3 Å². The van der Waals surface area contributed by atoms with E-state index in [-0.39, 0.29) is 0 Å². The maximum atomic E-state index is 9.03. The van der Waals surface area contributed by atoms with E-state index in [0.29, 0.717) is 18.4 Å². The lowest BCUT2D eigenvalue weighted by molar-refractivity contribution is 0.141. The summed E-state index contributed by atoms with van der Waals surface area (Å²) in [7, 11) is 0. The van der Waals surface area contributed by atoms with Crippen LogP contribution in [-0.4, -0.2) is 34.7 Å². The Labute approximate surface area is 114 Å². The minimum atomic E-state index is 0.326. The third kappa shape index (κ3) is 3.77. The van der Waals surface area contributed by atoms with Crippen LogP contribution < -0.4 is 0 Å². The van der Waals surface area contributed by atoms with Crippen LogP contribution in [0, 0.1) is 5.92 Å². The van der Waals surface area contributed by atoms with E-state index < -0.39 is 0 Å². The molecule has 0 bridgehead atoms. The summed E-state index contributed by atoms with van der Waals surface area (Å²) in [4.78, 5) is 7.19. The molecule has 1 aliphatic heterocycles. The lowest BCUT2D eigenvalue weighted by Crippen LogP contribution is -2.35. The third-order valence-corrected chi connectivity index (χ3v) is 4.78. The van der Waals surface area contributed by atoms with Crippen LogP contribution >= 0.6 is 11.3 Å². The van der Waals surface area contributed by atoms with Gasteiger partial charge in [-0.3, -0.25) is 4.90 Å². The van der Waals surface area contributed by atoms with Gasteiger partial charge in [0.25, 0.3) is 0 Å². The van der Waals surface area contributed by atoms with Crippen molar-refractivity contribution in [2.24, 2.45) is 5.92 Å². The first kappa shape index (κ1) is 14.0. The van der Waals surface area contributed by atoms with Crippen LogP contribution in [0.2, 0.25) is 0 Å². The third-order valence-electron chi connectivity index (χ3n) is 3.59. The van der Waals surface area contributed by atoms with Crippen molar-refractivity contribution in [1.29, 1.82) is 0 Å². The fourth-order valence-electron chi connectivity index (χ4n) is 2.60. The molecule has 0 aliphatic carbocycles. The van der Waals surface area contributed by atoms with Crippen LogP contribution in [0.3, 0.4) is 0 Å². The summed E-state index contributed by atoms with van der Waals surface area (Å²) < 4.78 is 0. The number of piperidine rings is 1. The first-order chi connectivity index (χ1) is 8.69. The highest BCUT2D eigenvalue weighted by Gasteiger charge is 2.20. The molecule has 4 heteroatoms. The number of rotatable bonds is 5. The van der Waals surface area contributed by atoms with Crippen molar-refractivity contribution in [3.8, 4) is 0 Å². The van der Waals surface area contributed by atoms with Crippen LogP contribution in [0.25, 0.3) is 0 Å². The fourth-order valence-corrected chi connectivity index (χ4v) is 3.43. The molecule has 102 valence electrons. The molecular weight excluding hydrogens is 244 g/mol. The Morgan fingerprint density at radius 2 is 2.39 bits per heavy atom. The number of hydrogen-bond donors (Lipinski definition) is 1. The van der Waals surface area contributed by atoms with Gasteiger partial charge in [0.2, 0.25) is 0 Å². The first-order valence-corrected chi connectivity index (χ1v) is 7.84. The molecule has 1 N–H and O–H groups in total. The van der Waals surface area contributed by atoms with Crippen molar-refractivity contribution in [3.63, 3.8) is 0 Å². The second kappa shape index (κ2) is 6.64. The Bertz CT molecular complexity index is 362. The SMILES string of the molecule is CC(C)c1nc(CN2CCCC(CCO)C2)cs1. The van der Waals surface area contributed by atoms with Gasteiger partial charge < -0.3 is 5.11 Å². The number of nitrogens with zero attached hydrogens (tertiary/aromatic N) is 2. The topological polar surface area (TPSA) is 36.4 Å². The summed E-state index contributed by atoms with van der Waals surface area (Å²) in [6.07, 6.45) is 3.47. The standard InChI is InChI=1S/C14H24N2OS/c1-11(2)14-15-13(10-18-14)9-16-6-3-4-12(8-16)5-7-17/h10-12,17H,3-9H2,1-2H3. The average Bonchev–Trinajstić information content (AvgIpc) is 2.78. The molecule has 2 heterocycles. The summed E-state index contributed by atoms with van der Waals surface area (Å²) in [6, 6.07) is 0. The smallest absolute Gasteiger partial charge is 0.0954 e. The van der Waals surface area contributed by atoms with Crippen molar-refractivity contribution in [2.75, 3.05) is 19.7 Å². The number of thiazole rings is 1. The summed E-state index contributed by atoms with van der Waals surface area (Å²) >= 11 is 1.78. The molecular formula is C14H24N2OS. The molecule has 2 rings (SSSR count). The maximum absolute atomic E-state index is 9.03. The number of aromatic nitrogens is 1. The largest absolute Gasteiger partial charge is 0.396 e. The molecule has 1 aromatic heterocycles. The molecule has 1 aromatic rings. The normalized spacial score (nSPS) is 21.7. The second-order valence-corrected chi connectivity index (χ2v) is 6.48. The molecule has 0 aromatic carbocycles. The molecule has 0 amide bonds. The van der Waals surface area contributed by atoms with E-state index in [1.165, 1.54) is 30.1 Å². The predicted molar refractivity (Wildman–Crippen MR) is 75.9 cm³/mol. The van der Waals surface area contributed by atoms with Gasteiger partial charge >= 0.3 is 0 Å². The summed E-state index contributed by atoms with van der Waals surface area (Å²) in [5, 5.41) is 12.5. The minimum Gasteiger partial charge on any atom is -0.396 e. The quantitative estimate of drug-likeness (QED) is 0.892. The van der Waals surface area contributed by atoms with Crippen LogP contribution in [0.1, 0.15) is 49.7 Å². The zero-order valence-electron chi connectivity index (χ0n) is 11.4. The second-order valence-electron chi connectivity index (χ2n) is 5.59. The molecule has 0 saturated carbocycles. The molecule has 1 atom stereocenters. The van der Waals surface area contributed by atoms with Gasteiger partial charge in [-0.25, -0.2) is 4.98 Å². The van der Waals surface area contributed by atoms with E-state index in [4.69, 9.17) is 10.1 Å². The van der Waals surface area contributed by atoms with E-state index in [2.05, 4.69) is 24.1 Å². The molecule has 0 radical (unpaired) electrons. The Balaban J connectivity index is 1.87. The Kier molecular flexibility index (Phi) is 5.15. The minimum absolute atomic E-state index is 0.326. The lowest BCUT2D eigenvalue weighted by Gasteiger charge is -2.31. The summed E-state index contributed by atoms with van der Waals surface area (Å²) in [5.41, 5.74) is 1.22. The predicted octanol–water partition coefficient (Wildman–Crippen LogP) is 2.86. The molecule has 1 aliphatic rings. The van der Waals surface area contributed by atoms with Crippen LogP contribution in [-0.2, 0) is 6.54 Å². The zero-order valence-corrected chi connectivity index (χ0v) is 12.2. The van der Waals surface area contributed by atoms with Crippen molar-refractivity contribution in [3.05, 3.63) is 16.1 Å². The van der Waals surface area contributed by atoms with Gasteiger partial charge in [0.05, 0.1) is 10.7 Å². The van der Waals surface area contributed by atoms with Crippen LogP contribution in [0.15, 0.2) is 5.38 Å². The van der Waals surface area contributed by atoms with Crippen molar-refractivity contribution in [1.82, 2.24) is 9.88 Å². The number of aliphatic hydroxyl groups is 1. The molecule has 1 fully saturated rings. The molecule has 0 spiro atoms. The van der Waals surface area contributed by atoms with E-state index in [1.54, 1.807) is 11.3 Å². The van der Waals surface area contributed by atoms with Crippen molar-refractivity contribution in [2.45, 2.75) is 45.6 Å². The molecule has 18 heavy (non-hydrogen) atoms. The zero-order chi connectivity index (χ0) is 13.0. The number of hydrogen-bond acceptors (Lipinski definition) is 4. The van der Waals surface area contributed by atoms with Gasteiger partial charge in [0.1, 0.15) is 0 Å². The highest BCUT2D eigenvalue weighted by molar-refractivity contribution is 7.09. The molecule has 3 nitrogen and oxygen atoms in total. The van der Waals surface area contributed by atoms with Gasteiger partial charge in [-0.2, -0.15) is 0 Å². The van der Waals surface area contributed by atoms with Gasteiger partial charge in [-0.1, -0.05) is 13.8 Å².